The summed E-state index contributed by atoms with van der Waals surface area (Å²) in [5.41, 5.74) is 2.03. The molecule has 0 spiro atoms. The number of allylic oxidation sites excluding steroid dienone is 1. The van der Waals surface area contributed by atoms with Gasteiger partial charge in [-0.25, -0.2) is 0 Å². The van der Waals surface area contributed by atoms with E-state index in [-0.39, 0.29) is 22.4 Å². The van der Waals surface area contributed by atoms with Gasteiger partial charge < -0.3 is 9.72 Å². The highest BCUT2D eigenvalue weighted by atomic mass is 35.5. The number of hydrogen-bond donors (Lipinski definition) is 1. The molecule has 0 saturated heterocycles. The summed E-state index contributed by atoms with van der Waals surface area (Å²) in [5, 5.41) is 19.8. The van der Waals surface area contributed by atoms with Crippen molar-refractivity contribution in [2.24, 2.45) is 0 Å². The lowest BCUT2D eigenvalue weighted by atomic mass is 10.0. The molecule has 1 N–H and O–H groups in total. The first-order chi connectivity index (χ1) is 12.5. The van der Waals surface area contributed by atoms with Gasteiger partial charge in [-0.3, -0.25) is 0 Å². The third-order valence-electron chi connectivity index (χ3n) is 3.71. The standard InChI is InChI=1S/C19H10ClF2N3O/c20-14-2-3-17-15(7-14)16(10-25-17)13(9-24)6-12-5-11(8-23)1-4-18(12)26-19(21)22/h1-7,10,19,25H. The van der Waals surface area contributed by atoms with E-state index in [0.717, 1.165) is 10.9 Å². The number of nitriles is 2. The van der Waals surface area contributed by atoms with Gasteiger partial charge in [0.25, 0.3) is 0 Å². The predicted octanol–water partition coefficient (Wildman–Crippen LogP) is 5.36. The smallest absolute Gasteiger partial charge is 0.387 e. The number of nitrogens with zero attached hydrogens (tertiary/aromatic N) is 2. The van der Waals surface area contributed by atoms with Crippen LogP contribution in [-0.4, -0.2) is 11.6 Å². The van der Waals surface area contributed by atoms with Crippen LogP contribution in [0.1, 0.15) is 16.7 Å². The van der Waals surface area contributed by atoms with Crippen molar-refractivity contribution in [3.8, 4) is 17.9 Å². The Balaban J connectivity index is 2.16. The van der Waals surface area contributed by atoms with Crippen LogP contribution in [0.5, 0.6) is 5.75 Å². The lowest BCUT2D eigenvalue weighted by Crippen LogP contribution is -2.03. The van der Waals surface area contributed by atoms with Crippen molar-refractivity contribution in [1.82, 2.24) is 4.98 Å². The molecule has 0 bridgehead atoms. The van der Waals surface area contributed by atoms with E-state index in [1.165, 1.54) is 24.3 Å². The fraction of sp³-hybridized carbons (Fsp3) is 0.0526. The number of hydrogen-bond acceptors (Lipinski definition) is 3. The molecule has 0 radical (unpaired) electrons. The van der Waals surface area contributed by atoms with Crippen molar-refractivity contribution < 1.29 is 13.5 Å². The zero-order valence-electron chi connectivity index (χ0n) is 13.1. The fourth-order valence-electron chi connectivity index (χ4n) is 2.58. The number of halogens is 3. The van der Waals surface area contributed by atoms with Crippen LogP contribution in [0.4, 0.5) is 8.78 Å². The molecule has 0 aliphatic heterocycles. The van der Waals surface area contributed by atoms with Gasteiger partial charge in [0, 0.05) is 33.2 Å². The van der Waals surface area contributed by atoms with Crippen LogP contribution in [0, 0.1) is 22.7 Å². The molecular formula is C19H10ClF2N3O. The van der Waals surface area contributed by atoms with E-state index < -0.39 is 6.61 Å². The van der Waals surface area contributed by atoms with Gasteiger partial charge >= 0.3 is 6.61 Å². The highest BCUT2D eigenvalue weighted by Gasteiger charge is 2.13. The molecular weight excluding hydrogens is 360 g/mol. The Morgan fingerprint density at radius 2 is 2.00 bits per heavy atom. The van der Waals surface area contributed by atoms with Crippen LogP contribution in [0.25, 0.3) is 22.6 Å². The van der Waals surface area contributed by atoms with Crippen LogP contribution >= 0.6 is 11.6 Å². The second-order valence-electron chi connectivity index (χ2n) is 5.30. The molecule has 0 saturated carbocycles. The SMILES string of the molecule is N#CC(=Cc1cc(C#N)ccc1OC(F)F)c1c[nH]c2ccc(Cl)cc12. The van der Waals surface area contributed by atoms with Gasteiger partial charge in [-0.1, -0.05) is 11.6 Å². The first-order valence-electron chi connectivity index (χ1n) is 7.39. The second kappa shape index (κ2) is 7.26. The molecule has 128 valence electrons. The number of benzene rings is 2. The van der Waals surface area contributed by atoms with Gasteiger partial charge in [-0.15, -0.1) is 0 Å². The number of aromatic nitrogens is 1. The summed E-state index contributed by atoms with van der Waals surface area (Å²) < 4.78 is 29.8. The van der Waals surface area contributed by atoms with E-state index in [0.29, 0.717) is 10.6 Å². The lowest BCUT2D eigenvalue weighted by Gasteiger charge is -2.09. The third-order valence-corrected chi connectivity index (χ3v) is 3.94. The molecule has 1 heterocycles. The van der Waals surface area contributed by atoms with Crippen molar-refractivity contribution in [3.05, 3.63) is 64.3 Å². The van der Waals surface area contributed by atoms with E-state index in [1.54, 1.807) is 24.4 Å². The molecule has 0 aliphatic rings. The summed E-state index contributed by atoms with van der Waals surface area (Å²) >= 11 is 6.02. The Morgan fingerprint density at radius 3 is 2.69 bits per heavy atom. The predicted molar refractivity (Wildman–Crippen MR) is 94.6 cm³/mol. The first-order valence-corrected chi connectivity index (χ1v) is 7.77. The van der Waals surface area contributed by atoms with Gasteiger partial charge in [0.05, 0.1) is 23.3 Å². The fourth-order valence-corrected chi connectivity index (χ4v) is 2.75. The number of rotatable bonds is 4. The average molecular weight is 370 g/mol. The van der Waals surface area contributed by atoms with Crippen LogP contribution in [0.3, 0.4) is 0 Å². The third kappa shape index (κ3) is 3.51. The number of H-pyrrole nitrogens is 1. The van der Waals surface area contributed by atoms with Crippen LogP contribution in [-0.2, 0) is 0 Å². The minimum atomic E-state index is -3.02. The summed E-state index contributed by atoms with van der Waals surface area (Å²) in [4.78, 5) is 3.03. The van der Waals surface area contributed by atoms with Gasteiger partial charge in [-0.05, 0) is 42.5 Å². The van der Waals surface area contributed by atoms with E-state index in [1.807, 2.05) is 6.07 Å². The van der Waals surface area contributed by atoms with Crippen LogP contribution < -0.4 is 4.74 Å². The van der Waals surface area contributed by atoms with Crippen LogP contribution in [0.15, 0.2) is 42.6 Å². The van der Waals surface area contributed by atoms with E-state index in [9.17, 15) is 14.0 Å². The van der Waals surface area contributed by atoms with E-state index in [4.69, 9.17) is 16.9 Å². The minimum Gasteiger partial charge on any atom is -0.434 e. The summed E-state index contributed by atoms with van der Waals surface area (Å²) in [6.07, 6.45) is 3.04. The van der Waals surface area contributed by atoms with Gasteiger partial charge in [-0.2, -0.15) is 19.3 Å². The average Bonchev–Trinajstić information content (AvgIpc) is 3.03. The summed E-state index contributed by atoms with van der Waals surface area (Å²) in [7, 11) is 0. The zero-order valence-corrected chi connectivity index (χ0v) is 13.9. The van der Waals surface area contributed by atoms with Crippen molar-refractivity contribution in [3.63, 3.8) is 0 Å². The lowest BCUT2D eigenvalue weighted by molar-refractivity contribution is -0.0499. The zero-order chi connectivity index (χ0) is 18.7. The van der Waals surface area contributed by atoms with E-state index in [2.05, 4.69) is 15.8 Å². The monoisotopic (exact) mass is 369 g/mol. The molecule has 26 heavy (non-hydrogen) atoms. The number of ether oxygens (including phenoxy) is 1. The molecule has 2 aromatic carbocycles. The molecule has 4 nitrogen and oxygen atoms in total. The highest BCUT2D eigenvalue weighted by molar-refractivity contribution is 6.31. The Kier molecular flexibility index (Phi) is 4.88. The summed E-state index contributed by atoms with van der Waals surface area (Å²) in [6, 6.07) is 13.2. The van der Waals surface area contributed by atoms with Gasteiger partial charge in [0.15, 0.2) is 0 Å². The molecule has 0 amide bonds. The second-order valence-corrected chi connectivity index (χ2v) is 5.74. The highest BCUT2D eigenvalue weighted by Crippen LogP contribution is 2.31. The maximum atomic E-state index is 12.6. The van der Waals surface area contributed by atoms with Crippen molar-refractivity contribution >= 4 is 34.2 Å². The normalized spacial score (nSPS) is 11.4. The van der Waals surface area contributed by atoms with Gasteiger partial charge in [0.1, 0.15) is 5.75 Å². The summed E-state index contributed by atoms with van der Waals surface area (Å²) in [6.45, 7) is -3.02. The molecule has 3 rings (SSSR count). The first kappa shape index (κ1) is 17.5. The Bertz CT molecular complexity index is 1090. The van der Waals surface area contributed by atoms with Crippen molar-refractivity contribution in [1.29, 1.82) is 10.5 Å². The molecule has 0 fully saturated rings. The maximum Gasteiger partial charge on any atom is 0.387 e. The number of nitrogens with one attached hydrogen (secondary N) is 1. The van der Waals surface area contributed by atoms with Crippen LogP contribution in [0.2, 0.25) is 5.02 Å². The largest absolute Gasteiger partial charge is 0.434 e. The number of fused-ring (bicyclic) bond motifs is 1. The quantitative estimate of drug-likeness (QED) is 0.629. The number of alkyl halides is 2. The Hall–Kier alpha value is -3.35. The van der Waals surface area contributed by atoms with Crippen molar-refractivity contribution in [2.75, 3.05) is 0 Å². The summed E-state index contributed by atoms with van der Waals surface area (Å²) in [5.74, 6) is -0.121. The molecule has 0 aliphatic carbocycles. The molecule has 7 heteroatoms. The number of aromatic amines is 1. The topological polar surface area (TPSA) is 72.6 Å². The Morgan fingerprint density at radius 1 is 1.19 bits per heavy atom. The molecule has 0 atom stereocenters. The Labute approximate surface area is 152 Å². The van der Waals surface area contributed by atoms with Crippen molar-refractivity contribution in [2.45, 2.75) is 6.61 Å². The van der Waals surface area contributed by atoms with E-state index >= 15 is 0 Å². The van der Waals surface area contributed by atoms with Gasteiger partial charge in [0.2, 0.25) is 0 Å². The molecule has 1 aromatic heterocycles. The molecule has 3 aromatic rings. The minimum absolute atomic E-state index is 0.121. The molecule has 0 unspecified atom stereocenters. The maximum absolute atomic E-state index is 12.6.